The zero-order valence-electron chi connectivity index (χ0n) is 10.8. The molecule has 0 radical (unpaired) electrons. The van der Waals surface area contributed by atoms with Crippen molar-refractivity contribution in [2.24, 2.45) is 0 Å². The molecule has 1 heterocycles. The summed E-state index contributed by atoms with van der Waals surface area (Å²) in [6, 6.07) is 18.7. The van der Waals surface area contributed by atoms with Crippen molar-refractivity contribution in [1.29, 1.82) is 0 Å². The minimum atomic E-state index is -0.493. The standard InChI is InChI=1S/C16H10ClNO2S/c17-14-13(11-7-3-1-4-8-11)20-16(19)15(18-14)21-12-9-5-2-6-10-12/h1-10H. The van der Waals surface area contributed by atoms with Gasteiger partial charge in [0.15, 0.2) is 15.9 Å². The number of rotatable bonds is 3. The molecular weight excluding hydrogens is 306 g/mol. The highest BCUT2D eigenvalue weighted by atomic mass is 35.5. The molecule has 0 saturated heterocycles. The molecule has 21 heavy (non-hydrogen) atoms. The van der Waals surface area contributed by atoms with Crippen molar-refractivity contribution in [1.82, 2.24) is 4.98 Å². The number of hydrogen-bond donors (Lipinski definition) is 0. The lowest BCUT2D eigenvalue weighted by Crippen LogP contribution is -2.06. The number of hydrogen-bond acceptors (Lipinski definition) is 4. The lowest BCUT2D eigenvalue weighted by atomic mass is 10.2. The molecule has 0 N–H and O–H groups in total. The number of benzene rings is 2. The van der Waals surface area contributed by atoms with Crippen LogP contribution >= 0.6 is 23.4 Å². The van der Waals surface area contributed by atoms with Crippen molar-refractivity contribution in [2.45, 2.75) is 9.92 Å². The fourth-order valence-corrected chi connectivity index (χ4v) is 2.86. The van der Waals surface area contributed by atoms with Crippen molar-refractivity contribution in [3.8, 4) is 11.3 Å². The topological polar surface area (TPSA) is 43.1 Å². The molecule has 3 nitrogen and oxygen atoms in total. The number of halogens is 1. The van der Waals surface area contributed by atoms with Crippen LogP contribution in [0.25, 0.3) is 11.3 Å². The van der Waals surface area contributed by atoms with E-state index in [0.29, 0.717) is 5.76 Å². The zero-order valence-corrected chi connectivity index (χ0v) is 12.4. The second kappa shape index (κ2) is 6.16. The normalized spacial score (nSPS) is 10.5. The molecule has 0 spiro atoms. The monoisotopic (exact) mass is 315 g/mol. The summed E-state index contributed by atoms with van der Waals surface area (Å²) in [7, 11) is 0. The van der Waals surface area contributed by atoms with Crippen LogP contribution in [0.2, 0.25) is 5.15 Å². The summed E-state index contributed by atoms with van der Waals surface area (Å²) in [5, 5.41) is 0.408. The molecule has 0 unspecified atom stereocenters. The summed E-state index contributed by atoms with van der Waals surface area (Å²) >= 11 is 7.38. The summed E-state index contributed by atoms with van der Waals surface area (Å²) in [5.41, 5.74) is 0.232. The molecule has 0 saturated carbocycles. The van der Waals surface area contributed by atoms with Gasteiger partial charge in [0.05, 0.1) is 0 Å². The third kappa shape index (κ3) is 3.17. The summed E-state index contributed by atoms with van der Waals surface area (Å²) < 4.78 is 5.33. The molecule has 0 amide bonds. The molecule has 0 aliphatic heterocycles. The van der Waals surface area contributed by atoms with Gasteiger partial charge in [-0.2, -0.15) is 0 Å². The second-order valence-electron chi connectivity index (χ2n) is 4.21. The van der Waals surface area contributed by atoms with Gasteiger partial charge < -0.3 is 4.42 Å². The van der Waals surface area contributed by atoms with Crippen molar-refractivity contribution in [3.05, 3.63) is 76.2 Å². The third-order valence-electron chi connectivity index (χ3n) is 2.75. The first-order valence-electron chi connectivity index (χ1n) is 6.23. The number of aromatic nitrogens is 1. The molecule has 3 rings (SSSR count). The Balaban J connectivity index is 1.99. The third-order valence-corrected chi connectivity index (χ3v) is 3.97. The van der Waals surface area contributed by atoms with E-state index in [9.17, 15) is 4.79 Å². The largest absolute Gasteiger partial charge is 0.417 e. The van der Waals surface area contributed by atoms with E-state index in [0.717, 1.165) is 10.5 Å². The smallest absolute Gasteiger partial charge is 0.369 e. The molecular formula is C16H10ClNO2S. The Morgan fingerprint density at radius 2 is 1.57 bits per heavy atom. The summed E-state index contributed by atoms with van der Waals surface area (Å²) in [6.45, 7) is 0. The van der Waals surface area contributed by atoms with Gasteiger partial charge in [-0.15, -0.1) is 0 Å². The van der Waals surface area contributed by atoms with Crippen molar-refractivity contribution in [3.63, 3.8) is 0 Å². The van der Waals surface area contributed by atoms with E-state index in [1.807, 2.05) is 60.7 Å². The van der Waals surface area contributed by atoms with Gasteiger partial charge in [0.1, 0.15) is 0 Å². The highest BCUT2D eigenvalue weighted by Gasteiger charge is 2.14. The average molecular weight is 316 g/mol. The molecule has 0 aliphatic rings. The first kappa shape index (κ1) is 13.9. The highest BCUT2D eigenvalue weighted by molar-refractivity contribution is 7.99. The maximum Gasteiger partial charge on any atom is 0.369 e. The first-order valence-corrected chi connectivity index (χ1v) is 7.42. The SMILES string of the molecule is O=c1oc(-c2ccccc2)c(Cl)nc1Sc1ccccc1. The Labute approximate surface area is 130 Å². The van der Waals surface area contributed by atoms with Gasteiger partial charge in [0.2, 0.25) is 0 Å². The van der Waals surface area contributed by atoms with Crippen LogP contribution < -0.4 is 5.63 Å². The Bertz CT molecular complexity index is 804. The molecule has 1 aromatic heterocycles. The second-order valence-corrected chi connectivity index (χ2v) is 5.63. The predicted octanol–water partition coefficient (Wildman–Crippen LogP) is 4.51. The van der Waals surface area contributed by atoms with E-state index in [1.165, 1.54) is 11.8 Å². The summed E-state index contributed by atoms with van der Waals surface area (Å²) in [5.74, 6) is 0.291. The van der Waals surface area contributed by atoms with Crippen LogP contribution in [0, 0.1) is 0 Å². The Morgan fingerprint density at radius 3 is 2.24 bits per heavy atom. The molecule has 0 atom stereocenters. The van der Waals surface area contributed by atoms with Gasteiger partial charge in [-0.05, 0) is 12.1 Å². The Kier molecular flexibility index (Phi) is 4.08. The van der Waals surface area contributed by atoms with Gasteiger partial charge in [0, 0.05) is 10.5 Å². The Morgan fingerprint density at radius 1 is 0.952 bits per heavy atom. The van der Waals surface area contributed by atoms with Crippen LogP contribution in [0.3, 0.4) is 0 Å². The van der Waals surface area contributed by atoms with E-state index < -0.39 is 5.63 Å². The van der Waals surface area contributed by atoms with Gasteiger partial charge in [-0.25, -0.2) is 9.78 Å². The van der Waals surface area contributed by atoms with Crippen molar-refractivity contribution in [2.75, 3.05) is 0 Å². The minimum absolute atomic E-state index is 0.180. The first-order chi connectivity index (χ1) is 10.2. The number of nitrogens with zero attached hydrogens (tertiary/aromatic N) is 1. The molecule has 0 bridgehead atoms. The van der Waals surface area contributed by atoms with Gasteiger partial charge in [-0.3, -0.25) is 0 Å². The van der Waals surface area contributed by atoms with E-state index in [2.05, 4.69) is 4.98 Å². The maximum atomic E-state index is 12.1. The molecule has 5 heteroatoms. The molecule has 2 aromatic carbocycles. The highest BCUT2D eigenvalue weighted by Crippen LogP contribution is 2.29. The van der Waals surface area contributed by atoms with Crippen LogP contribution in [-0.2, 0) is 0 Å². The zero-order chi connectivity index (χ0) is 14.7. The lowest BCUT2D eigenvalue weighted by Gasteiger charge is -2.04. The molecule has 0 aliphatic carbocycles. The van der Waals surface area contributed by atoms with Gasteiger partial charge in [0.25, 0.3) is 0 Å². The summed E-state index contributed by atoms with van der Waals surface area (Å²) in [6.07, 6.45) is 0. The van der Waals surface area contributed by atoms with E-state index >= 15 is 0 Å². The van der Waals surface area contributed by atoms with Gasteiger partial charge in [-0.1, -0.05) is 71.9 Å². The fraction of sp³-hybridized carbons (Fsp3) is 0. The Hall–Kier alpha value is -2.04. The van der Waals surface area contributed by atoms with Crippen LogP contribution in [0.5, 0.6) is 0 Å². The molecule has 3 aromatic rings. The van der Waals surface area contributed by atoms with E-state index in [1.54, 1.807) is 0 Å². The van der Waals surface area contributed by atoms with E-state index in [4.69, 9.17) is 16.0 Å². The average Bonchev–Trinajstić information content (AvgIpc) is 2.52. The van der Waals surface area contributed by atoms with Crippen LogP contribution in [0.4, 0.5) is 0 Å². The van der Waals surface area contributed by atoms with E-state index in [-0.39, 0.29) is 10.2 Å². The fourth-order valence-electron chi connectivity index (χ4n) is 1.80. The predicted molar refractivity (Wildman–Crippen MR) is 83.8 cm³/mol. The summed E-state index contributed by atoms with van der Waals surface area (Å²) in [4.78, 5) is 17.1. The van der Waals surface area contributed by atoms with Crippen LogP contribution in [0.1, 0.15) is 0 Å². The van der Waals surface area contributed by atoms with Gasteiger partial charge >= 0.3 is 5.63 Å². The van der Waals surface area contributed by atoms with Crippen molar-refractivity contribution >= 4 is 23.4 Å². The molecule has 0 fully saturated rings. The quantitative estimate of drug-likeness (QED) is 0.713. The lowest BCUT2D eigenvalue weighted by molar-refractivity contribution is 0.496. The van der Waals surface area contributed by atoms with Crippen LogP contribution in [-0.4, -0.2) is 4.98 Å². The molecule has 104 valence electrons. The maximum absolute atomic E-state index is 12.1. The van der Waals surface area contributed by atoms with Crippen molar-refractivity contribution < 1.29 is 4.42 Å². The minimum Gasteiger partial charge on any atom is -0.417 e. The van der Waals surface area contributed by atoms with Crippen LogP contribution in [0.15, 0.2) is 79.8 Å².